The number of hydrogen-bond donors (Lipinski definition) is 0. The van der Waals surface area contributed by atoms with Crippen LogP contribution in [0.15, 0.2) is 60.7 Å². The molecule has 0 unspecified atom stereocenters. The molecule has 0 spiro atoms. The lowest BCUT2D eigenvalue weighted by Crippen LogP contribution is -2.48. The second kappa shape index (κ2) is 10.5. The van der Waals surface area contributed by atoms with Crippen LogP contribution in [-0.4, -0.2) is 50.2 Å². The number of rotatable bonds is 5. The van der Waals surface area contributed by atoms with Gasteiger partial charge in [0.1, 0.15) is 11.6 Å². The number of ether oxygens (including phenoxy) is 1. The summed E-state index contributed by atoms with van der Waals surface area (Å²) in [7, 11) is 1.37. The van der Waals surface area contributed by atoms with Gasteiger partial charge < -0.3 is 9.64 Å². The summed E-state index contributed by atoms with van der Waals surface area (Å²) in [6.07, 6.45) is 1.22. The number of esters is 1. The van der Waals surface area contributed by atoms with Gasteiger partial charge in [-0.1, -0.05) is 18.2 Å². The van der Waals surface area contributed by atoms with Crippen LogP contribution in [0.25, 0.3) is 11.1 Å². The molecule has 1 fully saturated rings. The Balaban J connectivity index is 1.55. The lowest BCUT2D eigenvalue weighted by atomic mass is 9.79. The number of piperazine rings is 1. The maximum atomic E-state index is 15.0. The molecular weight excluding hydrogens is 470 g/mol. The zero-order chi connectivity index (χ0) is 26.1. The smallest absolute Gasteiger partial charge is 0.337 e. The summed E-state index contributed by atoms with van der Waals surface area (Å²) in [6, 6.07) is 18.3. The Hall–Kier alpha value is -3.51. The highest BCUT2D eigenvalue weighted by Gasteiger charge is 2.25. The molecule has 0 atom stereocenters. The zero-order valence-electron chi connectivity index (χ0n) is 21.6. The minimum atomic E-state index is -0.593. The molecular formula is C31H32F2N2O2. The van der Waals surface area contributed by atoms with E-state index in [1.807, 2.05) is 12.1 Å². The van der Waals surface area contributed by atoms with Gasteiger partial charge in [-0.3, -0.25) is 4.90 Å². The number of carbonyl (C=O) groups is 1. The fourth-order valence-electron chi connectivity index (χ4n) is 5.51. The van der Waals surface area contributed by atoms with Crippen LogP contribution in [0.4, 0.5) is 14.5 Å². The molecule has 0 N–H and O–H groups in total. The standard InChI is InChI=1S/C31H32F2N2O2/c1-20(2)34-14-16-35(17-15-34)25-9-4-21(5-10-25)30-26-11-7-23(31(36)37-3)18-22(26)6-12-28(30)27-13-8-24(32)19-29(27)33/h4-5,7-11,13,18-20H,6,12,14-17H2,1-3H3. The summed E-state index contributed by atoms with van der Waals surface area (Å²) in [5.41, 5.74) is 6.76. The third-order valence-electron chi connectivity index (χ3n) is 7.56. The summed E-state index contributed by atoms with van der Waals surface area (Å²) in [4.78, 5) is 17.0. The van der Waals surface area contributed by atoms with Crippen LogP contribution in [0, 0.1) is 11.6 Å². The van der Waals surface area contributed by atoms with Gasteiger partial charge in [0.2, 0.25) is 0 Å². The topological polar surface area (TPSA) is 32.8 Å². The molecule has 1 heterocycles. The predicted molar refractivity (Wildman–Crippen MR) is 144 cm³/mol. The van der Waals surface area contributed by atoms with Crippen molar-refractivity contribution in [3.05, 3.63) is 100 Å². The van der Waals surface area contributed by atoms with Crippen molar-refractivity contribution in [2.75, 3.05) is 38.2 Å². The molecule has 0 amide bonds. The molecule has 1 aliphatic heterocycles. The van der Waals surface area contributed by atoms with Crippen LogP contribution < -0.4 is 4.90 Å². The Morgan fingerprint density at radius 1 is 0.865 bits per heavy atom. The van der Waals surface area contributed by atoms with E-state index in [1.165, 1.54) is 24.9 Å². The average Bonchev–Trinajstić information content (AvgIpc) is 2.92. The van der Waals surface area contributed by atoms with Crippen molar-refractivity contribution in [3.8, 4) is 0 Å². The van der Waals surface area contributed by atoms with Crippen molar-refractivity contribution in [2.24, 2.45) is 0 Å². The molecule has 0 bridgehead atoms. The van der Waals surface area contributed by atoms with E-state index >= 15 is 0 Å². The number of hydrogen-bond acceptors (Lipinski definition) is 4. The van der Waals surface area contributed by atoms with E-state index in [2.05, 4.69) is 47.9 Å². The van der Waals surface area contributed by atoms with Crippen LogP contribution in [0.2, 0.25) is 0 Å². The molecule has 2 aliphatic rings. The maximum absolute atomic E-state index is 15.0. The normalized spacial score (nSPS) is 16.2. The van der Waals surface area contributed by atoms with Crippen LogP contribution in [0.1, 0.15) is 52.9 Å². The van der Waals surface area contributed by atoms with E-state index in [9.17, 15) is 13.6 Å². The van der Waals surface area contributed by atoms with Gasteiger partial charge in [0.15, 0.2) is 0 Å². The van der Waals surface area contributed by atoms with E-state index in [-0.39, 0.29) is 5.97 Å². The minimum absolute atomic E-state index is 0.384. The Labute approximate surface area is 217 Å². The molecule has 192 valence electrons. The highest BCUT2D eigenvalue weighted by atomic mass is 19.1. The quantitative estimate of drug-likeness (QED) is 0.390. The lowest BCUT2D eigenvalue weighted by molar-refractivity contribution is 0.0600. The van der Waals surface area contributed by atoms with Crippen molar-refractivity contribution in [3.63, 3.8) is 0 Å². The van der Waals surface area contributed by atoms with Crippen molar-refractivity contribution >= 4 is 22.8 Å². The first-order valence-electron chi connectivity index (χ1n) is 12.9. The molecule has 0 radical (unpaired) electrons. The van der Waals surface area contributed by atoms with Crippen molar-refractivity contribution in [1.82, 2.24) is 4.90 Å². The van der Waals surface area contributed by atoms with Gasteiger partial charge in [0.05, 0.1) is 12.7 Å². The summed E-state index contributed by atoms with van der Waals surface area (Å²) < 4.78 is 33.6. The Morgan fingerprint density at radius 3 is 2.22 bits per heavy atom. The summed E-state index contributed by atoms with van der Waals surface area (Å²) >= 11 is 0. The molecule has 3 aromatic rings. The van der Waals surface area contributed by atoms with Gasteiger partial charge in [0.25, 0.3) is 0 Å². The van der Waals surface area contributed by atoms with Gasteiger partial charge in [-0.15, -0.1) is 0 Å². The van der Waals surface area contributed by atoms with Gasteiger partial charge in [0, 0.05) is 49.5 Å². The van der Waals surface area contributed by atoms with Crippen molar-refractivity contribution in [2.45, 2.75) is 32.7 Å². The largest absolute Gasteiger partial charge is 0.465 e. The number of nitrogens with zero attached hydrogens (tertiary/aromatic N) is 2. The highest BCUT2D eigenvalue weighted by Crippen LogP contribution is 2.42. The van der Waals surface area contributed by atoms with Crippen LogP contribution in [0.5, 0.6) is 0 Å². The van der Waals surface area contributed by atoms with Crippen LogP contribution >= 0.6 is 0 Å². The first-order valence-corrected chi connectivity index (χ1v) is 12.9. The van der Waals surface area contributed by atoms with Crippen LogP contribution in [-0.2, 0) is 11.2 Å². The first-order chi connectivity index (χ1) is 17.9. The number of benzene rings is 3. The Morgan fingerprint density at radius 2 is 1.57 bits per heavy atom. The Kier molecular flexibility index (Phi) is 7.11. The third-order valence-corrected chi connectivity index (χ3v) is 7.56. The predicted octanol–water partition coefficient (Wildman–Crippen LogP) is 6.19. The second-order valence-electron chi connectivity index (χ2n) is 10.0. The third kappa shape index (κ3) is 5.03. The van der Waals surface area contributed by atoms with E-state index in [0.29, 0.717) is 30.0 Å². The lowest BCUT2D eigenvalue weighted by Gasteiger charge is -2.38. The van der Waals surface area contributed by atoms with Gasteiger partial charge in [-0.2, -0.15) is 0 Å². The highest BCUT2D eigenvalue weighted by molar-refractivity contribution is 6.02. The summed E-state index contributed by atoms with van der Waals surface area (Å²) in [5.74, 6) is -1.54. The number of methoxy groups -OCH3 is 1. The summed E-state index contributed by atoms with van der Waals surface area (Å²) in [5, 5.41) is 0. The summed E-state index contributed by atoms with van der Waals surface area (Å²) in [6.45, 7) is 8.49. The fourth-order valence-corrected chi connectivity index (χ4v) is 5.51. The van der Waals surface area contributed by atoms with Crippen LogP contribution in [0.3, 0.4) is 0 Å². The molecule has 5 rings (SSSR count). The van der Waals surface area contributed by atoms with Gasteiger partial charge in [-0.25, -0.2) is 13.6 Å². The minimum Gasteiger partial charge on any atom is -0.465 e. The number of carbonyl (C=O) groups excluding carboxylic acids is 1. The molecule has 6 heteroatoms. The fraction of sp³-hybridized carbons (Fsp3) is 0.323. The number of allylic oxidation sites excluding steroid dienone is 1. The maximum Gasteiger partial charge on any atom is 0.337 e. The molecule has 0 aromatic heterocycles. The van der Waals surface area contributed by atoms with E-state index in [1.54, 1.807) is 6.07 Å². The molecule has 3 aromatic carbocycles. The zero-order valence-corrected chi connectivity index (χ0v) is 21.6. The molecule has 1 saturated heterocycles. The van der Waals surface area contributed by atoms with Crippen molar-refractivity contribution < 1.29 is 18.3 Å². The van der Waals surface area contributed by atoms with Gasteiger partial charge >= 0.3 is 5.97 Å². The van der Waals surface area contributed by atoms with Gasteiger partial charge in [-0.05, 0) is 90.9 Å². The van der Waals surface area contributed by atoms with E-state index in [0.717, 1.165) is 60.1 Å². The second-order valence-corrected chi connectivity index (χ2v) is 10.0. The number of anilines is 1. The van der Waals surface area contributed by atoms with E-state index < -0.39 is 11.6 Å². The SMILES string of the molecule is COC(=O)c1ccc2c(c1)CCC(c1ccc(F)cc1F)=C2c1ccc(N2CCN(C(C)C)CC2)cc1. The molecule has 0 saturated carbocycles. The number of aryl methyl sites for hydroxylation is 1. The van der Waals surface area contributed by atoms with Crippen molar-refractivity contribution in [1.29, 1.82) is 0 Å². The van der Waals surface area contributed by atoms with E-state index in [4.69, 9.17) is 4.74 Å². The molecule has 37 heavy (non-hydrogen) atoms. The Bertz CT molecular complexity index is 1340. The molecule has 1 aliphatic carbocycles. The number of halogens is 2. The molecule has 4 nitrogen and oxygen atoms in total. The monoisotopic (exact) mass is 502 g/mol. The average molecular weight is 503 g/mol. The number of fused-ring (bicyclic) bond motifs is 1. The first kappa shape index (κ1) is 25.2.